The maximum Gasteiger partial charge on any atom is 0.216 e. The lowest BCUT2D eigenvalue weighted by atomic mass is 10.0. The van der Waals surface area contributed by atoms with Crippen LogP contribution < -0.4 is 10.5 Å². The molecule has 0 aromatic heterocycles. The first kappa shape index (κ1) is 16.1. The molecule has 0 atom stereocenters. The standard InChI is InChI=1S/C14H24N2O2S/c1-4-9-14(2,3)16-19(17,18)11-13-8-6-5-7-12(13)10-15/h5-8,16H,4,9-11,15H2,1-3H3. The second-order valence-electron chi connectivity index (χ2n) is 5.47. The molecule has 0 heterocycles. The normalized spacial score (nSPS) is 12.6. The van der Waals surface area contributed by atoms with Crippen LogP contribution >= 0.6 is 0 Å². The van der Waals surface area contributed by atoms with E-state index in [1.807, 2.05) is 45.0 Å². The molecule has 0 radical (unpaired) electrons. The molecule has 0 saturated heterocycles. The third kappa shape index (κ3) is 5.30. The van der Waals surface area contributed by atoms with E-state index in [4.69, 9.17) is 5.73 Å². The summed E-state index contributed by atoms with van der Waals surface area (Å²) in [5, 5.41) is 0. The van der Waals surface area contributed by atoms with Crippen LogP contribution in [0.15, 0.2) is 24.3 Å². The average Bonchev–Trinajstić information content (AvgIpc) is 2.27. The number of hydrogen-bond acceptors (Lipinski definition) is 3. The summed E-state index contributed by atoms with van der Waals surface area (Å²) in [7, 11) is -3.35. The average molecular weight is 284 g/mol. The first-order chi connectivity index (χ1) is 8.79. The van der Waals surface area contributed by atoms with Crippen molar-refractivity contribution < 1.29 is 8.42 Å². The quantitative estimate of drug-likeness (QED) is 0.806. The van der Waals surface area contributed by atoms with E-state index in [9.17, 15) is 8.42 Å². The first-order valence-corrected chi connectivity index (χ1v) is 8.23. The number of benzene rings is 1. The van der Waals surface area contributed by atoms with Crippen LogP contribution in [-0.4, -0.2) is 14.0 Å². The fraction of sp³-hybridized carbons (Fsp3) is 0.571. The van der Waals surface area contributed by atoms with E-state index in [-0.39, 0.29) is 5.75 Å². The Bertz CT molecular complexity index is 510. The SMILES string of the molecule is CCCC(C)(C)NS(=O)(=O)Cc1ccccc1CN. The highest BCUT2D eigenvalue weighted by molar-refractivity contribution is 7.88. The molecule has 0 aliphatic carbocycles. The molecule has 1 aromatic rings. The summed E-state index contributed by atoms with van der Waals surface area (Å²) in [4.78, 5) is 0. The maximum absolute atomic E-state index is 12.2. The van der Waals surface area contributed by atoms with Gasteiger partial charge in [-0.25, -0.2) is 13.1 Å². The second-order valence-corrected chi connectivity index (χ2v) is 7.19. The highest BCUT2D eigenvalue weighted by Crippen LogP contribution is 2.16. The number of nitrogens with one attached hydrogen (secondary N) is 1. The topological polar surface area (TPSA) is 72.2 Å². The van der Waals surface area contributed by atoms with Gasteiger partial charge in [0.1, 0.15) is 0 Å². The molecule has 1 aromatic carbocycles. The van der Waals surface area contributed by atoms with Crippen LogP contribution in [0.5, 0.6) is 0 Å². The number of sulfonamides is 1. The Morgan fingerprint density at radius 3 is 2.32 bits per heavy atom. The van der Waals surface area contributed by atoms with Gasteiger partial charge >= 0.3 is 0 Å². The molecule has 19 heavy (non-hydrogen) atoms. The molecule has 0 saturated carbocycles. The highest BCUT2D eigenvalue weighted by atomic mass is 32.2. The maximum atomic E-state index is 12.2. The van der Waals surface area contributed by atoms with Crippen molar-refractivity contribution in [1.29, 1.82) is 0 Å². The van der Waals surface area contributed by atoms with Crippen molar-refractivity contribution in [2.45, 2.75) is 51.4 Å². The van der Waals surface area contributed by atoms with Crippen LogP contribution in [0.2, 0.25) is 0 Å². The summed E-state index contributed by atoms with van der Waals surface area (Å²) >= 11 is 0. The predicted octanol–water partition coefficient (Wildman–Crippen LogP) is 2.14. The molecule has 0 bridgehead atoms. The van der Waals surface area contributed by atoms with E-state index >= 15 is 0 Å². The molecule has 1 rings (SSSR count). The summed E-state index contributed by atoms with van der Waals surface area (Å²) in [5.74, 6) is -0.0203. The van der Waals surface area contributed by atoms with Crippen molar-refractivity contribution in [3.8, 4) is 0 Å². The molecule has 0 aliphatic rings. The largest absolute Gasteiger partial charge is 0.326 e. The van der Waals surface area contributed by atoms with E-state index in [0.29, 0.717) is 6.54 Å². The van der Waals surface area contributed by atoms with Crippen molar-refractivity contribution in [3.63, 3.8) is 0 Å². The Kier molecular flexibility index (Phi) is 5.52. The van der Waals surface area contributed by atoms with Crippen LogP contribution in [0.1, 0.15) is 44.7 Å². The van der Waals surface area contributed by atoms with Gasteiger partial charge in [-0.3, -0.25) is 0 Å². The highest BCUT2D eigenvalue weighted by Gasteiger charge is 2.24. The molecule has 0 fully saturated rings. The fourth-order valence-electron chi connectivity index (χ4n) is 2.24. The summed E-state index contributed by atoms with van der Waals surface area (Å²) in [6.45, 7) is 6.20. The van der Waals surface area contributed by atoms with Gasteiger partial charge in [-0.05, 0) is 31.4 Å². The molecule has 3 N–H and O–H groups in total. The zero-order valence-electron chi connectivity index (χ0n) is 11.9. The number of rotatable bonds is 7. The Balaban J connectivity index is 2.85. The van der Waals surface area contributed by atoms with Gasteiger partial charge in [-0.15, -0.1) is 0 Å². The number of hydrogen-bond donors (Lipinski definition) is 2. The first-order valence-electron chi connectivity index (χ1n) is 6.58. The molecule has 0 unspecified atom stereocenters. The van der Waals surface area contributed by atoms with Gasteiger partial charge in [-0.1, -0.05) is 37.6 Å². The van der Waals surface area contributed by atoms with Crippen molar-refractivity contribution in [3.05, 3.63) is 35.4 Å². The zero-order chi connectivity index (χ0) is 14.5. The van der Waals surface area contributed by atoms with E-state index < -0.39 is 15.6 Å². The Morgan fingerprint density at radius 2 is 1.79 bits per heavy atom. The molecule has 5 heteroatoms. The summed E-state index contributed by atoms with van der Waals surface area (Å²) < 4.78 is 27.2. The molecule has 4 nitrogen and oxygen atoms in total. The lowest BCUT2D eigenvalue weighted by Gasteiger charge is -2.25. The Morgan fingerprint density at radius 1 is 1.21 bits per heavy atom. The molecule has 108 valence electrons. The third-order valence-electron chi connectivity index (χ3n) is 2.99. The lowest BCUT2D eigenvalue weighted by molar-refractivity contribution is 0.417. The summed E-state index contributed by atoms with van der Waals surface area (Å²) in [5.41, 5.74) is 6.86. The Labute approximate surface area is 116 Å². The van der Waals surface area contributed by atoms with Crippen LogP contribution in [0.3, 0.4) is 0 Å². The van der Waals surface area contributed by atoms with Gasteiger partial charge in [0.2, 0.25) is 10.0 Å². The smallest absolute Gasteiger partial charge is 0.216 e. The van der Waals surface area contributed by atoms with E-state index in [2.05, 4.69) is 4.72 Å². The molecule has 0 aliphatic heterocycles. The van der Waals surface area contributed by atoms with Crippen LogP contribution in [0.25, 0.3) is 0 Å². The minimum Gasteiger partial charge on any atom is -0.326 e. The van der Waals surface area contributed by atoms with Crippen LogP contribution in [0.4, 0.5) is 0 Å². The van der Waals surface area contributed by atoms with Gasteiger partial charge < -0.3 is 5.73 Å². The summed E-state index contributed by atoms with van der Waals surface area (Å²) in [6, 6.07) is 7.38. The number of nitrogens with two attached hydrogens (primary N) is 1. The molecule has 0 spiro atoms. The monoisotopic (exact) mass is 284 g/mol. The van der Waals surface area contributed by atoms with Crippen molar-refractivity contribution in [2.75, 3.05) is 0 Å². The van der Waals surface area contributed by atoms with Crippen molar-refractivity contribution >= 4 is 10.0 Å². The van der Waals surface area contributed by atoms with Gasteiger partial charge in [0.15, 0.2) is 0 Å². The minimum absolute atomic E-state index is 0.0203. The van der Waals surface area contributed by atoms with Gasteiger partial charge in [0.05, 0.1) is 5.75 Å². The minimum atomic E-state index is -3.35. The van der Waals surface area contributed by atoms with Crippen LogP contribution in [-0.2, 0) is 22.3 Å². The Hall–Kier alpha value is -0.910. The van der Waals surface area contributed by atoms with Crippen LogP contribution in [0, 0.1) is 0 Å². The lowest BCUT2D eigenvalue weighted by Crippen LogP contribution is -2.43. The van der Waals surface area contributed by atoms with Crippen molar-refractivity contribution in [2.24, 2.45) is 5.73 Å². The zero-order valence-corrected chi connectivity index (χ0v) is 12.8. The fourth-order valence-corrected chi connectivity index (χ4v) is 3.94. The van der Waals surface area contributed by atoms with Gasteiger partial charge in [-0.2, -0.15) is 0 Å². The van der Waals surface area contributed by atoms with Crippen molar-refractivity contribution in [1.82, 2.24) is 4.72 Å². The molecular weight excluding hydrogens is 260 g/mol. The van der Waals surface area contributed by atoms with E-state index in [1.54, 1.807) is 0 Å². The van der Waals surface area contributed by atoms with E-state index in [1.165, 1.54) is 0 Å². The summed E-state index contributed by atoms with van der Waals surface area (Å²) in [6.07, 6.45) is 1.75. The third-order valence-corrected chi connectivity index (χ3v) is 4.55. The molecule has 0 amide bonds. The van der Waals surface area contributed by atoms with Gasteiger partial charge in [0.25, 0.3) is 0 Å². The van der Waals surface area contributed by atoms with Gasteiger partial charge in [0, 0.05) is 12.1 Å². The van der Waals surface area contributed by atoms with E-state index in [0.717, 1.165) is 24.0 Å². The predicted molar refractivity (Wildman–Crippen MR) is 79.1 cm³/mol. The second kappa shape index (κ2) is 6.50. The molecular formula is C14H24N2O2S.